The molecule has 1 aromatic carbocycles. The van der Waals surface area contributed by atoms with Crippen molar-refractivity contribution in [2.45, 2.75) is 63.7 Å². The third kappa shape index (κ3) is 10.1. The summed E-state index contributed by atoms with van der Waals surface area (Å²) in [5, 5.41) is 26.0. The molecule has 194 valence electrons. The number of carboxylic acid groups (broad SMARTS) is 1. The summed E-state index contributed by atoms with van der Waals surface area (Å²) >= 11 is 0. The molecule has 0 aromatic heterocycles. The van der Waals surface area contributed by atoms with Gasteiger partial charge in [-0.3, -0.25) is 19.2 Å². The quantitative estimate of drug-likeness (QED) is 0.151. The van der Waals surface area contributed by atoms with Crippen LogP contribution in [0.2, 0.25) is 0 Å². The number of nitrogens with one attached hydrogen (secondary N) is 3. The Hall–Kier alpha value is -3.51. The number of amides is 4. The summed E-state index contributed by atoms with van der Waals surface area (Å²) in [6, 6.07) is 3.98. The molecule has 0 aliphatic rings. The Morgan fingerprint density at radius 2 is 1.54 bits per heavy atom. The molecule has 0 fully saturated rings. The van der Waals surface area contributed by atoms with E-state index in [1.807, 2.05) is 0 Å². The zero-order chi connectivity index (χ0) is 26.5. The van der Waals surface area contributed by atoms with Crippen molar-refractivity contribution in [2.75, 3.05) is 6.61 Å². The first-order chi connectivity index (χ1) is 16.5. The van der Waals surface area contributed by atoms with Crippen LogP contribution < -0.4 is 27.4 Å². The Morgan fingerprint density at radius 1 is 0.943 bits per heavy atom. The lowest BCUT2D eigenvalue weighted by Crippen LogP contribution is -2.59. The molecule has 4 amide bonds. The van der Waals surface area contributed by atoms with Crippen LogP contribution in [0.25, 0.3) is 0 Å². The maximum Gasteiger partial charge on any atom is 0.326 e. The van der Waals surface area contributed by atoms with E-state index in [1.54, 1.807) is 44.2 Å². The Labute approximate surface area is 203 Å². The molecule has 35 heavy (non-hydrogen) atoms. The van der Waals surface area contributed by atoms with Crippen molar-refractivity contribution in [2.24, 2.45) is 17.4 Å². The van der Waals surface area contributed by atoms with E-state index in [1.165, 1.54) is 0 Å². The Kier molecular flexibility index (Phi) is 12.4. The van der Waals surface area contributed by atoms with E-state index in [4.69, 9.17) is 16.6 Å². The van der Waals surface area contributed by atoms with E-state index in [-0.39, 0.29) is 19.3 Å². The van der Waals surface area contributed by atoms with Crippen molar-refractivity contribution in [1.82, 2.24) is 16.0 Å². The smallest absolute Gasteiger partial charge is 0.326 e. The van der Waals surface area contributed by atoms with Gasteiger partial charge in [0.05, 0.1) is 6.61 Å². The van der Waals surface area contributed by atoms with Crippen LogP contribution in [0.5, 0.6) is 0 Å². The summed E-state index contributed by atoms with van der Waals surface area (Å²) in [5.41, 5.74) is 11.4. The molecule has 0 radical (unpaired) electrons. The molecule has 9 N–H and O–H groups in total. The van der Waals surface area contributed by atoms with Crippen LogP contribution in [0.1, 0.15) is 38.7 Å². The highest BCUT2D eigenvalue weighted by Crippen LogP contribution is 2.11. The van der Waals surface area contributed by atoms with E-state index in [9.17, 15) is 29.1 Å². The van der Waals surface area contributed by atoms with Gasteiger partial charge in [-0.25, -0.2) is 4.79 Å². The van der Waals surface area contributed by atoms with Gasteiger partial charge in [0.1, 0.15) is 24.2 Å². The number of primary amides is 1. The zero-order valence-corrected chi connectivity index (χ0v) is 19.9. The van der Waals surface area contributed by atoms with Crippen LogP contribution in [-0.2, 0) is 30.4 Å². The zero-order valence-electron chi connectivity index (χ0n) is 19.9. The highest BCUT2D eigenvalue weighted by Gasteiger charge is 2.32. The summed E-state index contributed by atoms with van der Waals surface area (Å²) < 4.78 is 0. The monoisotopic (exact) mass is 493 g/mol. The van der Waals surface area contributed by atoms with Crippen LogP contribution >= 0.6 is 0 Å². The van der Waals surface area contributed by atoms with E-state index in [0.717, 1.165) is 5.56 Å². The number of carbonyl (C=O) groups is 5. The number of carbonyl (C=O) groups excluding carboxylic acids is 4. The fraction of sp³-hybridized carbons (Fsp3) is 0.522. The number of benzene rings is 1. The highest BCUT2D eigenvalue weighted by atomic mass is 16.4. The van der Waals surface area contributed by atoms with Crippen molar-refractivity contribution in [3.63, 3.8) is 0 Å². The standard InChI is InChI=1S/C23H35N5O7/c1-3-13(2)19(22(33)26-16(23(34)35)9-10-18(25)30)28-21(32)17(27-20(31)15(24)12-29)11-14-7-5-4-6-8-14/h4-8,13,15-17,19,29H,3,9-12,24H2,1-2H3,(H2,25,30)(H,26,33)(H,27,31)(H,28,32)(H,34,35). The van der Waals surface area contributed by atoms with E-state index in [2.05, 4.69) is 16.0 Å². The molecule has 5 unspecified atom stereocenters. The minimum atomic E-state index is -1.37. The Bertz CT molecular complexity index is 880. The minimum absolute atomic E-state index is 0.0851. The summed E-state index contributed by atoms with van der Waals surface area (Å²) in [7, 11) is 0. The fourth-order valence-corrected chi connectivity index (χ4v) is 3.18. The number of aliphatic hydroxyl groups is 1. The highest BCUT2D eigenvalue weighted by molar-refractivity contribution is 5.94. The van der Waals surface area contributed by atoms with Crippen LogP contribution in [0.4, 0.5) is 0 Å². The number of aliphatic carboxylic acids is 1. The predicted molar refractivity (Wildman–Crippen MR) is 127 cm³/mol. The van der Waals surface area contributed by atoms with Crippen molar-refractivity contribution in [1.29, 1.82) is 0 Å². The van der Waals surface area contributed by atoms with Gasteiger partial charge in [0, 0.05) is 12.8 Å². The second-order valence-electron chi connectivity index (χ2n) is 8.32. The molecule has 1 rings (SSSR count). The molecule has 5 atom stereocenters. The molecular formula is C23H35N5O7. The maximum absolute atomic E-state index is 13.2. The Morgan fingerprint density at radius 3 is 2.06 bits per heavy atom. The molecule has 0 aliphatic heterocycles. The number of nitrogens with two attached hydrogens (primary N) is 2. The molecule has 0 aliphatic carbocycles. The molecule has 0 saturated heterocycles. The summed E-state index contributed by atoms with van der Waals surface area (Å²) in [5.74, 6) is -4.63. The normalized spacial score (nSPS) is 15.1. The van der Waals surface area contributed by atoms with Crippen molar-refractivity contribution in [3.05, 3.63) is 35.9 Å². The van der Waals surface area contributed by atoms with Gasteiger partial charge in [0.15, 0.2) is 0 Å². The topological polar surface area (TPSA) is 214 Å². The van der Waals surface area contributed by atoms with Crippen LogP contribution in [-0.4, -0.2) is 70.6 Å². The van der Waals surface area contributed by atoms with E-state index in [0.29, 0.717) is 6.42 Å². The first-order valence-corrected chi connectivity index (χ1v) is 11.3. The number of rotatable bonds is 15. The summed E-state index contributed by atoms with van der Waals surface area (Å²) in [6.45, 7) is 2.88. The molecule has 0 saturated carbocycles. The van der Waals surface area contributed by atoms with Gasteiger partial charge in [-0.05, 0) is 17.9 Å². The number of hydrogen-bond acceptors (Lipinski definition) is 7. The van der Waals surface area contributed by atoms with E-state index >= 15 is 0 Å². The number of hydrogen-bond donors (Lipinski definition) is 7. The number of aliphatic hydroxyl groups excluding tert-OH is 1. The van der Waals surface area contributed by atoms with Gasteiger partial charge in [-0.2, -0.15) is 0 Å². The van der Waals surface area contributed by atoms with Crippen LogP contribution in [0.3, 0.4) is 0 Å². The first-order valence-electron chi connectivity index (χ1n) is 11.3. The first kappa shape index (κ1) is 29.5. The van der Waals surface area contributed by atoms with Gasteiger partial charge in [0.2, 0.25) is 23.6 Å². The van der Waals surface area contributed by atoms with Gasteiger partial charge < -0.3 is 37.6 Å². The molecule has 12 heteroatoms. The van der Waals surface area contributed by atoms with Crippen LogP contribution in [0, 0.1) is 5.92 Å². The van der Waals surface area contributed by atoms with Crippen molar-refractivity contribution in [3.8, 4) is 0 Å². The lowest BCUT2D eigenvalue weighted by Gasteiger charge is -2.28. The van der Waals surface area contributed by atoms with Gasteiger partial charge in [-0.15, -0.1) is 0 Å². The molecule has 0 spiro atoms. The molecule has 0 bridgehead atoms. The maximum atomic E-state index is 13.2. The third-order valence-corrected chi connectivity index (χ3v) is 5.54. The van der Waals surface area contributed by atoms with Gasteiger partial charge in [-0.1, -0.05) is 50.6 Å². The van der Waals surface area contributed by atoms with E-state index < -0.39 is 66.3 Å². The van der Waals surface area contributed by atoms with Gasteiger partial charge >= 0.3 is 5.97 Å². The lowest BCUT2D eigenvalue weighted by atomic mass is 9.96. The average Bonchev–Trinajstić information content (AvgIpc) is 2.83. The third-order valence-electron chi connectivity index (χ3n) is 5.54. The average molecular weight is 494 g/mol. The predicted octanol–water partition coefficient (Wildman–Crippen LogP) is -1.60. The summed E-state index contributed by atoms with van der Waals surface area (Å²) in [6.07, 6.45) is 0.113. The SMILES string of the molecule is CCC(C)C(NC(=O)C(Cc1ccccc1)NC(=O)C(N)CO)C(=O)NC(CCC(N)=O)C(=O)O. The molecule has 1 aromatic rings. The lowest BCUT2D eigenvalue weighted by molar-refractivity contribution is -0.143. The Balaban J connectivity index is 3.09. The molecule has 0 heterocycles. The second-order valence-corrected chi connectivity index (χ2v) is 8.32. The summed E-state index contributed by atoms with van der Waals surface area (Å²) in [4.78, 5) is 61.0. The molecular weight excluding hydrogens is 458 g/mol. The van der Waals surface area contributed by atoms with Crippen LogP contribution in [0.15, 0.2) is 30.3 Å². The van der Waals surface area contributed by atoms with Crippen molar-refractivity contribution >= 4 is 29.6 Å². The largest absolute Gasteiger partial charge is 0.480 e. The van der Waals surface area contributed by atoms with Crippen molar-refractivity contribution < 1.29 is 34.2 Å². The number of carboxylic acids is 1. The molecule has 12 nitrogen and oxygen atoms in total. The van der Waals surface area contributed by atoms with Gasteiger partial charge in [0.25, 0.3) is 0 Å². The minimum Gasteiger partial charge on any atom is -0.480 e. The second kappa shape index (κ2) is 14.7. The fourth-order valence-electron chi connectivity index (χ4n) is 3.18.